The fraction of sp³-hybridized carbons (Fsp3) is 0.700. The van der Waals surface area contributed by atoms with Crippen molar-refractivity contribution in [2.75, 3.05) is 38.4 Å². The fourth-order valence-electron chi connectivity index (χ4n) is 3.80. The van der Waals surface area contributed by atoms with Crippen molar-refractivity contribution in [1.82, 2.24) is 25.1 Å². The number of nitrogens with zero attached hydrogens (tertiary/aromatic N) is 4. The predicted molar refractivity (Wildman–Crippen MR) is 116 cm³/mol. The van der Waals surface area contributed by atoms with Gasteiger partial charge in [-0.15, -0.1) is 0 Å². The van der Waals surface area contributed by atoms with Gasteiger partial charge in [-0.05, 0) is 18.6 Å². The molecule has 0 atom stereocenters. The van der Waals surface area contributed by atoms with Crippen LogP contribution in [0.25, 0.3) is 11.0 Å². The lowest BCUT2D eigenvalue weighted by molar-refractivity contribution is -0.121. The van der Waals surface area contributed by atoms with Crippen LogP contribution in [-0.2, 0) is 16.1 Å². The Hall–Kier alpha value is -1.87. The summed E-state index contributed by atoms with van der Waals surface area (Å²) in [7, 11) is 1.67. The Morgan fingerprint density at radius 1 is 1.28 bits per heavy atom. The average Bonchev–Trinajstić information content (AvgIpc) is 3.16. The second kappa shape index (κ2) is 11.3. The highest BCUT2D eigenvalue weighted by Crippen LogP contribution is 2.27. The van der Waals surface area contributed by atoms with Crippen LogP contribution in [0.1, 0.15) is 44.9 Å². The normalized spacial score (nSPS) is 15.0. The molecule has 0 aliphatic heterocycles. The van der Waals surface area contributed by atoms with Crippen LogP contribution in [0, 0.1) is 5.92 Å². The Balaban J connectivity index is 1.54. The summed E-state index contributed by atoms with van der Waals surface area (Å²) in [4.78, 5) is 21.3. The highest BCUT2D eigenvalue weighted by Gasteiger charge is 2.15. The van der Waals surface area contributed by atoms with E-state index in [9.17, 15) is 4.79 Å². The maximum Gasteiger partial charge on any atom is 0.220 e. The fourth-order valence-corrected chi connectivity index (χ4v) is 4.16. The highest BCUT2D eigenvalue weighted by atomic mass is 32.2. The van der Waals surface area contributed by atoms with Crippen LogP contribution in [0.5, 0.6) is 0 Å². The van der Waals surface area contributed by atoms with Gasteiger partial charge in [0, 0.05) is 26.6 Å². The molecule has 2 aromatic heterocycles. The Morgan fingerprint density at radius 2 is 2.10 bits per heavy atom. The van der Waals surface area contributed by atoms with Crippen molar-refractivity contribution in [2.45, 2.75) is 56.6 Å². The van der Waals surface area contributed by atoms with Gasteiger partial charge in [-0.25, -0.2) is 14.6 Å². The number of rotatable bonds is 11. The number of fused-ring (bicyclic) bond motifs is 1. The van der Waals surface area contributed by atoms with Crippen LogP contribution in [0.3, 0.4) is 0 Å². The number of ether oxygens (including phenoxy) is 1. The van der Waals surface area contributed by atoms with Crippen LogP contribution in [-0.4, -0.2) is 58.7 Å². The molecule has 1 aliphatic carbocycles. The van der Waals surface area contributed by atoms with E-state index in [4.69, 9.17) is 4.74 Å². The standard InChI is InChI=1S/C20H32N6O2S/c1-28-13-11-22-18-16-14-23-26(19(16)25-20(24-18)29-2)12-10-21-17(27)9-8-15-6-4-3-5-7-15/h14-15H,3-13H2,1-2H3,(H,21,27)(H,22,24,25). The molecule has 0 radical (unpaired) electrons. The minimum atomic E-state index is 0.133. The van der Waals surface area contributed by atoms with Gasteiger partial charge in [-0.1, -0.05) is 43.9 Å². The summed E-state index contributed by atoms with van der Waals surface area (Å²) in [5, 5.41) is 12.3. The van der Waals surface area contributed by atoms with E-state index in [0.717, 1.165) is 29.2 Å². The summed E-state index contributed by atoms with van der Waals surface area (Å²) in [5.41, 5.74) is 0.778. The van der Waals surface area contributed by atoms with E-state index in [-0.39, 0.29) is 5.91 Å². The van der Waals surface area contributed by atoms with E-state index in [1.54, 1.807) is 13.3 Å². The Labute approximate surface area is 176 Å². The topological polar surface area (TPSA) is 94.0 Å². The first-order chi connectivity index (χ1) is 14.2. The Kier molecular flexibility index (Phi) is 8.54. The molecular weight excluding hydrogens is 388 g/mol. The van der Waals surface area contributed by atoms with Gasteiger partial charge in [0.05, 0.1) is 24.7 Å². The number of aromatic nitrogens is 4. The van der Waals surface area contributed by atoms with Gasteiger partial charge in [0.2, 0.25) is 5.91 Å². The first kappa shape index (κ1) is 21.8. The quantitative estimate of drug-likeness (QED) is 0.328. The number of amides is 1. The van der Waals surface area contributed by atoms with Gasteiger partial charge in [-0.2, -0.15) is 5.10 Å². The first-order valence-corrected chi connectivity index (χ1v) is 11.7. The molecule has 8 nitrogen and oxygen atoms in total. The summed E-state index contributed by atoms with van der Waals surface area (Å²) in [6, 6.07) is 0. The zero-order valence-electron chi connectivity index (χ0n) is 17.4. The molecule has 0 aromatic carbocycles. The van der Waals surface area contributed by atoms with E-state index >= 15 is 0 Å². The summed E-state index contributed by atoms with van der Waals surface area (Å²) < 4.78 is 6.93. The maximum absolute atomic E-state index is 12.2. The Bertz CT molecular complexity index is 791. The third kappa shape index (κ3) is 6.30. The number of methoxy groups -OCH3 is 1. The van der Waals surface area contributed by atoms with Crippen molar-refractivity contribution in [2.24, 2.45) is 5.92 Å². The van der Waals surface area contributed by atoms with Crippen molar-refractivity contribution >= 4 is 34.5 Å². The number of hydrogen-bond donors (Lipinski definition) is 2. The molecule has 2 heterocycles. The molecule has 160 valence electrons. The van der Waals surface area contributed by atoms with Crippen LogP contribution in [0.4, 0.5) is 5.82 Å². The van der Waals surface area contributed by atoms with Gasteiger partial charge in [-0.3, -0.25) is 4.79 Å². The molecule has 29 heavy (non-hydrogen) atoms. The van der Waals surface area contributed by atoms with Crippen molar-refractivity contribution in [3.63, 3.8) is 0 Å². The molecule has 2 aromatic rings. The number of anilines is 1. The van der Waals surface area contributed by atoms with Crippen molar-refractivity contribution in [1.29, 1.82) is 0 Å². The monoisotopic (exact) mass is 420 g/mol. The number of carbonyl (C=O) groups is 1. The number of hydrogen-bond acceptors (Lipinski definition) is 7. The van der Waals surface area contributed by atoms with Gasteiger partial charge in [0.1, 0.15) is 5.82 Å². The minimum absolute atomic E-state index is 0.133. The molecule has 0 unspecified atom stereocenters. The number of thioether (sulfide) groups is 1. The zero-order valence-corrected chi connectivity index (χ0v) is 18.3. The van der Waals surface area contributed by atoms with Crippen LogP contribution < -0.4 is 10.6 Å². The van der Waals surface area contributed by atoms with Gasteiger partial charge in [0.15, 0.2) is 10.8 Å². The second-order valence-electron chi connectivity index (χ2n) is 7.48. The first-order valence-electron chi connectivity index (χ1n) is 10.5. The van der Waals surface area contributed by atoms with E-state index in [2.05, 4.69) is 25.7 Å². The van der Waals surface area contributed by atoms with Gasteiger partial charge >= 0.3 is 0 Å². The lowest BCUT2D eigenvalue weighted by Crippen LogP contribution is -2.28. The summed E-state index contributed by atoms with van der Waals surface area (Å²) in [6.07, 6.45) is 11.9. The lowest BCUT2D eigenvalue weighted by Gasteiger charge is -2.20. The molecule has 0 saturated heterocycles. The molecule has 0 bridgehead atoms. The van der Waals surface area contributed by atoms with Gasteiger partial charge < -0.3 is 15.4 Å². The van der Waals surface area contributed by atoms with Crippen LogP contribution in [0.15, 0.2) is 11.4 Å². The zero-order chi connectivity index (χ0) is 20.5. The van der Waals surface area contributed by atoms with E-state index < -0.39 is 0 Å². The molecule has 3 rings (SSSR count). The molecule has 1 amide bonds. The van der Waals surface area contributed by atoms with Crippen LogP contribution in [0.2, 0.25) is 0 Å². The second-order valence-corrected chi connectivity index (χ2v) is 8.25. The minimum Gasteiger partial charge on any atom is -0.383 e. The number of nitrogens with one attached hydrogen (secondary N) is 2. The maximum atomic E-state index is 12.2. The largest absolute Gasteiger partial charge is 0.383 e. The Morgan fingerprint density at radius 3 is 2.86 bits per heavy atom. The van der Waals surface area contributed by atoms with Crippen molar-refractivity contribution in [3.05, 3.63) is 6.20 Å². The molecule has 1 fully saturated rings. The molecule has 9 heteroatoms. The molecule has 0 spiro atoms. The smallest absolute Gasteiger partial charge is 0.220 e. The molecule has 1 saturated carbocycles. The van der Waals surface area contributed by atoms with Crippen molar-refractivity contribution < 1.29 is 9.53 Å². The average molecular weight is 421 g/mol. The van der Waals surface area contributed by atoms with Gasteiger partial charge in [0.25, 0.3) is 0 Å². The third-order valence-corrected chi connectivity index (χ3v) is 5.95. The number of carbonyl (C=O) groups excluding carboxylic acids is 1. The molecule has 1 aliphatic rings. The third-order valence-electron chi connectivity index (χ3n) is 5.41. The highest BCUT2D eigenvalue weighted by molar-refractivity contribution is 7.98. The van der Waals surface area contributed by atoms with Crippen LogP contribution >= 0.6 is 11.8 Å². The summed E-state index contributed by atoms with van der Waals surface area (Å²) in [5.74, 6) is 1.63. The van der Waals surface area contributed by atoms with E-state index in [0.29, 0.717) is 37.8 Å². The van der Waals surface area contributed by atoms with E-state index in [1.165, 1.54) is 43.9 Å². The molecular formula is C20H32N6O2S. The van der Waals surface area contributed by atoms with Crippen molar-refractivity contribution in [3.8, 4) is 0 Å². The molecule has 2 N–H and O–H groups in total. The predicted octanol–water partition coefficient (Wildman–Crippen LogP) is 3.08. The summed E-state index contributed by atoms with van der Waals surface area (Å²) in [6.45, 7) is 2.39. The van der Waals surface area contributed by atoms with E-state index in [1.807, 2.05) is 10.9 Å². The SMILES string of the molecule is COCCNc1nc(SC)nc2c1cnn2CCNC(=O)CCC1CCCCC1. The lowest BCUT2D eigenvalue weighted by atomic mass is 9.86. The summed E-state index contributed by atoms with van der Waals surface area (Å²) >= 11 is 1.49.